The van der Waals surface area contributed by atoms with Crippen molar-refractivity contribution >= 4 is 5.97 Å². The van der Waals surface area contributed by atoms with Crippen LogP contribution in [0.3, 0.4) is 0 Å². The van der Waals surface area contributed by atoms with Crippen LogP contribution >= 0.6 is 0 Å². The van der Waals surface area contributed by atoms with E-state index in [0.29, 0.717) is 31.1 Å². The van der Waals surface area contributed by atoms with Crippen LogP contribution in [0.5, 0.6) is 5.75 Å². The minimum absolute atomic E-state index is 0.126. The predicted molar refractivity (Wildman–Crippen MR) is 102 cm³/mol. The van der Waals surface area contributed by atoms with Gasteiger partial charge in [-0.2, -0.15) is 0 Å². The molecule has 0 saturated carbocycles. The van der Waals surface area contributed by atoms with Gasteiger partial charge in [0.2, 0.25) is 5.89 Å². The van der Waals surface area contributed by atoms with E-state index in [-0.39, 0.29) is 23.5 Å². The summed E-state index contributed by atoms with van der Waals surface area (Å²) in [6.45, 7) is 5.48. The molecule has 0 aliphatic carbocycles. The Kier molecular flexibility index (Phi) is 6.67. The first-order chi connectivity index (χ1) is 13.5. The number of hydrogen-bond acceptors (Lipinski definition) is 6. The molecule has 0 spiro atoms. The van der Waals surface area contributed by atoms with Gasteiger partial charge < -0.3 is 13.9 Å². The molecule has 2 heterocycles. The SMILES string of the molecule is CCOC(=O)C[C@@H]1CCCCN1Cc1nc(-c2cc(OC)ccc2F)oc1C. The Morgan fingerprint density at radius 3 is 2.96 bits per heavy atom. The maximum atomic E-state index is 14.3. The first-order valence-corrected chi connectivity index (χ1v) is 9.71. The molecule has 0 unspecified atom stereocenters. The van der Waals surface area contributed by atoms with Gasteiger partial charge in [0, 0.05) is 12.6 Å². The number of piperidine rings is 1. The second-order valence-electron chi connectivity index (χ2n) is 7.00. The van der Waals surface area contributed by atoms with E-state index in [9.17, 15) is 9.18 Å². The third-order valence-corrected chi connectivity index (χ3v) is 5.11. The average Bonchev–Trinajstić information content (AvgIpc) is 3.04. The quantitative estimate of drug-likeness (QED) is 0.663. The monoisotopic (exact) mass is 390 g/mol. The van der Waals surface area contributed by atoms with Crippen LogP contribution in [0.25, 0.3) is 11.5 Å². The molecular formula is C21H27FN2O4. The van der Waals surface area contributed by atoms with Crippen molar-refractivity contribution in [3.05, 3.63) is 35.5 Å². The lowest BCUT2D eigenvalue weighted by Crippen LogP contribution is -2.40. The molecule has 1 fully saturated rings. The van der Waals surface area contributed by atoms with Gasteiger partial charge in [0.25, 0.3) is 0 Å². The van der Waals surface area contributed by atoms with E-state index in [1.165, 1.54) is 13.2 Å². The highest BCUT2D eigenvalue weighted by Crippen LogP contribution is 2.29. The van der Waals surface area contributed by atoms with Crippen molar-refractivity contribution in [2.45, 2.75) is 52.1 Å². The number of hydrogen-bond donors (Lipinski definition) is 0. The van der Waals surface area contributed by atoms with Crippen molar-refractivity contribution in [3.63, 3.8) is 0 Å². The molecule has 7 heteroatoms. The van der Waals surface area contributed by atoms with Crippen molar-refractivity contribution in [2.24, 2.45) is 0 Å². The van der Waals surface area contributed by atoms with Crippen LogP contribution in [0, 0.1) is 12.7 Å². The fourth-order valence-electron chi connectivity index (χ4n) is 3.59. The molecule has 1 aliphatic heterocycles. The number of esters is 1. The highest BCUT2D eigenvalue weighted by atomic mass is 19.1. The molecule has 152 valence electrons. The molecular weight excluding hydrogens is 363 g/mol. The summed E-state index contributed by atoms with van der Waals surface area (Å²) < 4.78 is 30.3. The first kappa shape index (κ1) is 20.3. The third-order valence-electron chi connectivity index (χ3n) is 5.11. The summed E-state index contributed by atoms with van der Waals surface area (Å²) in [4.78, 5) is 18.7. The predicted octanol–water partition coefficient (Wildman–Crippen LogP) is 4.11. The molecule has 1 saturated heterocycles. The molecule has 1 aromatic heterocycles. The molecule has 3 rings (SSSR count). The van der Waals surface area contributed by atoms with Gasteiger partial charge in [0.15, 0.2) is 0 Å². The van der Waals surface area contributed by atoms with E-state index in [4.69, 9.17) is 13.9 Å². The largest absolute Gasteiger partial charge is 0.497 e. The van der Waals surface area contributed by atoms with Crippen molar-refractivity contribution in [2.75, 3.05) is 20.3 Å². The number of carbonyl (C=O) groups is 1. The maximum absolute atomic E-state index is 14.3. The molecule has 2 aromatic rings. The van der Waals surface area contributed by atoms with Crippen molar-refractivity contribution < 1.29 is 23.1 Å². The lowest BCUT2D eigenvalue weighted by Gasteiger charge is -2.34. The number of carbonyl (C=O) groups excluding carboxylic acids is 1. The van der Waals surface area contributed by atoms with Crippen molar-refractivity contribution in [3.8, 4) is 17.2 Å². The van der Waals surface area contributed by atoms with Gasteiger partial charge in [-0.15, -0.1) is 0 Å². The van der Waals surface area contributed by atoms with Crippen molar-refractivity contribution in [1.82, 2.24) is 9.88 Å². The molecule has 1 aliphatic rings. The Balaban J connectivity index is 1.78. The summed E-state index contributed by atoms with van der Waals surface area (Å²) in [7, 11) is 1.53. The Bertz CT molecular complexity index is 821. The summed E-state index contributed by atoms with van der Waals surface area (Å²) in [6.07, 6.45) is 3.50. The zero-order valence-corrected chi connectivity index (χ0v) is 16.7. The topological polar surface area (TPSA) is 64.8 Å². The van der Waals surface area contributed by atoms with E-state index in [1.807, 2.05) is 13.8 Å². The Morgan fingerprint density at radius 2 is 2.21 bits per heavy atom. The van der Waals surface area contributed by atoms with Gasteiger partial charge in [-0.1, -0.05) is 6.42 Å². The van der Waals surface area contributed by atoms with E-state index >= 15 is 0 Å². The summed E-state index contributed by atoms with van der Waals surface area (Å²) in [6, 6.07) is 4.60. The van der Waals surface area contributed by atoms with Gasteiger partial charge in [0.05, 0.1) is 31.4 Å². The summed E-state index contributed by atoms with van der Waals surface area (Å²) in [5.74, 6) is 0.849. The van der Waals surface area contributed by atoms with E-state index < -0.39 is 5.82 Å². The highest BCUT2D eigenvalue weighted by molar-refractivity contribution is 5.70. The number of methoxy groups -OCH3 is 1. The van der Waals surface area contributed by atoms with Gasteiger partial charge in [-0.05, 0) is 51.4 Å². The van der Waals surface area contributed by atoms with Crippen molar-refractivity contribution in [1.29, 1.82) is 0 Å². The number of halogens is 1. The summed E-state index contributed by atoms with van der Waals surface area (Å²) in [5, 5.41) is 0. The smallest absolute Gasteiger partial charge is 0.307 e. The van der Waals surface area contributed by atoms with Crippen LogP contribution in [-0.2, 0) is 16.1 Å². The van der Waals surface area contributed by atoms with Gasteiger partial charge in [-0.25, -0.2) is 9.37 Å². The minimum atomic E-state index is -0.410. The highest BCUT2D eigenvalue weighted by Gasteiger charge is 2.27. The maximum Gasteiger partial charge on any atom is 0.307 e. The fraction of sp³-hybridized carbons (Fsp3) is 0.524. The molecule has 1 atom stereocenters. The average molecular weight is 390 g/mol. The number of benzene rings is 1. The lowest BCUT2D eigenvalue weighted by atomic mass is 9.99. The lowest BCUT2D eigenvalue weighted by molar-refractivity contribution is -0.145. The number of ether oxygens (including phenoxy) is 2. The van der Waals surface area contributed by atoms with Crippen LogP contribution in [-0.4, -0.2) is 42.2 Å². The Labute approximate surface area is 164 Å². The number of aryl methyl sites for hydroxylation is 1. The minimum Gasteiger partial charge on any atom is -0.497 e. The van der Waals surface area contributed by atoms with E-state index in [0.717, 1.165) is 31.5 Å². The summed E-state index contributed by atoms with van der Waals surface area (Å²) >= 11 is 0. The molecule has 0 bridgehead atoms. The molecule has 6 nitrogen and oxygen atoms in total. The Hall–Kier alpha value is -2.41. The second kappa shape index (κ2) is 9.19. The number of aromatic nitrogens is 1. The molecule has 1 aromatic carbocycles. The second-order valence-corrected chi connectivity index (χ2v) is 7.00. The molecule has 0 radical (unpaired) electrons. The third kappa shape index (κ3) is 4.70. The van der Waals surface area contributed by atoms with Gasteiger partial charge >= 0.3 is 5.97 Å². The molecule has 28 heavy (non-hydrogen) atoms. The Morgan fingerprint density at radius 1 is 1.39 bits per heavy atom. The molecule has 0 amide bonds. The van der Waals surface area contributed by atoms with Gasteiger partial charge in [0.1, 0.15) is 17.3 Å². The zero-order valence-electron chi connectivity index (χ0n) is 16.7. The number of nitrogens with zero attached hydrogens (tertiary/aromatic N) is 2. The zero-order chi connectivity index (χ0) is 20.1. The molecule has 0 N–H and O–H groups in total. The van der Waals surface area contributed by atoms with Crippen LogP contribution in [0.4, 0.5) is 4.39 Å². The van der Waals surface area contributed by atoms with Crippen LogP contribution in [0.1, 0.15) is 44.1 Å². The standard InChI is InChI=1S/C21H27FN2O4/c1-4-27-20(25)11-15-7-5-6-10-24(15)13-19-14(2)28-21(23-19)17-12-16(26-3)8-9-18(17)22/h8-9,12,15H,4-7,10-11,13H2,1-3H3/t15-/m0/s1. The summed E-state index contributed by atoms with van der Waals surface area (Å²) in [5.41, 5.74) is 1.03. The van der Waals surface area contributed by atoms with E-state index in [2.05, 4.69) is 9.88 Å². The fourth-order valence-corrected chi connectivity index (χ4v) is 3.59. The van der Waals surface area contributed by atoms with E-state index in [1.54, 1.807) is 12.1 Å². The number of rotatable bonds is 7. The van der Waals surface area contributed by atoms with Crippen LogP contribution in [0.2, 0.25) is 0 Å². The number of likely N-dealkylation sites (tertiary alicyclic amines) is 1. The number of oxazole rings is 1. The normalized spacial score (nSPS) is 17.5. The van der Waals surface area contributed by atoms with Crippen LogP contribution in [0.15, 0.2) is 22.6 Å². The van der Waals surface area contributed by atoms with Gasteiger partial charge in [-0.3, -0.25) is 9.69 Å². The van der Waals surface area contributed by atoms with Crippen LogP contribution < -0.4 is 4.74 Å². The first-order valence-electron chi connectivity index (χ1n) is 9.71.